The Morgan fingerprint density at radius 1 is 1.50 bits per heavy atom. The van der Waals surface area contributed by atoms with E-state index in [1.54, 1.807) is 12.4 Å². The predicted octanol–water partition coefficient (Wildman–Crippen LogP) is 3.84. The fraction of sp³-hybridized carbons (Fsp3) is 0.182. The van der Waals surface area contributed by atoms with Gasteiger partial charge >= 0.3 is 0 Å². The van der Waals surface area contributed by atoms with Crippen LogP contribution >= 0.6 is 38.9 Å². The standard InChI is InChI=1S/C11H9BrClNOS/c12-8-2-4-16-11(8)10(15)5-7-1-3-14-6-9(7)13/h1-4,6,10,15H,5H2. The first kappa shape index (κ1) is 12.0. The summed E-state index contributed by atoms with van der Waals surface area (Å²) < 4.78 is 0.940. The first-order chi connectivity index (χ1) is 7.68. The number of aliphatic hydroxyl groups excluding tert-OH is 1. The summed E-state index contributed by atoms with van der Waals surface area (Å²) in [6, 6.07) is 3.75. The lowest BCUT2D eigenvalue weighted by Gasteiger charge is -2.10. The van der Waals surface area contributed by atoms with E-state index in [-0.39, 0.29) is 0 Å². The van der Waals surface area contributed by atoms with Gasteiger partial charge in [-0.05, 0) is 39.0 Å². The van der Waals surface area contributed by atoms with Crippen LogP contribution in [-0.2, 0) is 6.42 Å². The maximum Gasteiger partial charge on any atom is 0.0934 e. The monoisotopic (exact) mass is 317 g/mol. The highest BCUT2D eigenvalue weighted by Gasteiger charge is 2.14. The Balaban J connectivity index is 2.17. The molecule has 0 aromatic carbocycles. The first-order valence-electron chi connectivity index (χ1n) is 4.68. The third-order valence-electron chi connectivity index (χ3n) is 2.22. The van der Waals surface area contributed by atoms with E-state index in [2.05, 4.69) is 20.9 Å². The van der Waals surface area contributed by atoms with Crippen LogP contribution in [0.15, 0.2) is 34.4 Å². The average Bonchev–Trinajstić information content (AvgIpc) is 2.68. The van der Waals surface area contributed by atoms with Gasteiger partial charge < -0.3 is 5.11 Å². The van der Waals surface area contributed by atoms with Gasteiger partial charge in [0.1, 0.15) is 0 Å². The number of rotatable bonds is 3. The molecule has 2 aromatic heterocycles. The Bertz CT molecular complexity index is 488. The molecular weight excluding hydrogens is 310 g/mol. The number of hydrogen-bond donors (Lipinski definition) is 1. The molecule has 5 heteroatoms. The number of halogens is 2. The van der Waals surface area contributed by atoms with Gasteiger partial charge in [-0.15, -0.1) is 11.3 Å². The summed E-state index contributed by atoms with van der Waals surface area (Å²) in [5, 5.41) is 12.6. The summed E-state index contributed by atoms with van der Waals surface area (Å²) in [5.74, 6) is 0. The van der Waals surface area contributed by atoms with Gasteiger partial charge in [-0.25, -0.2) is 0 Å². The maximum atomic E-state index is 10.1. The molecule has 0 amide bonds. The molecule has 16 heavy (non-hydrogen) atoms. The Morgan fingerprint density at radius 3 is 2.94 bits per heavy atom. The van der Waals surface area contributed by atoms with Crippen LogP contribution in [0.4, 0.5) is 0 Å². The highest BCUT2D eigenvalue weighted by atomic mass is 79.9. The molecule has 0 fully saturated rings. The van der Waals surface area contributed by atoms with Gasteiger partial charge in [0.05, 0.1) is 11.1 Å². The summed E-state index contributed by atoms with van der Waals surface area (Å²) in [6.07, 6.45) is 3.24. The van der Waals surface area contributed by atoms with E-state index in [0.29, 0.717) is 11.4 Å². The smallest absolute Gasteiger partial charge is 0.0934 e. The van der Waals surface area contributed by atoms with Crippen molar-refractivity contribution in [3.8, 4) is 0 Å². The van der Waals surface area contributed by atoms with Crippen LogP contribution in [0.2, 0.25) is 5.02 Å². The topological polar surface area (TPSA) is 33.1 Å². The quantitative estimate of drug-likeness (QED) is 0.933. The Morgan fingerprint density at radius 2 is 2.31 bits per heavy atom. The van der Waals surface area contributed by atoms with Crippen molar-refractivity contribution in [3.05, 3.63) is 49.8 Å². The van der Waals surface area contributed by atoms with Crippen LogP contribution < -0.4 is 0 Å². The highest BCUT2D eigenvalue weighted by Crippen LogP contribution is 2.31. The van der Waals surface area contributed by atoms with E-state index in [1.165, 1.54) is 11.3 Å². The SMILES string of the molecule is OC(Cc1ccncc1Cl)c1sccc1Br. The van der Waals surface area contributed by atoms with Gasteiger partial charge in [0.25, 0.3) is 0 Å². The first-order valence-corrected chi connectivity index (χ1v) is 6.73. The van der Waals surface area contributed by atoms with Gasteiger partial charge in [0, 0.05) is 28.2 Å². The van der Waals surface area contributed by atoms with E-state index < -0.39 is 6.10 Å². The molecule has 0 bridgehead atoms. The molecule has 1 N–H and O–H groups in total. The van der Waals surface area contributed by atoms with Crippen LogP contribution in [0.5, 0.6) is 0 Å². The fourth-order valence-electron chi connectivity index (χ4n) is 1.41. The Hall–Kier alpha value is -0.420. The number of aromatic nitrogens is 1. The lowest BCUT2D eigenvalue weighted by molar-refractivity contribution is 0.181. The van der Waals surface area contributed by atoms with Gasteiger partial charge in [-0.1, -0.05) is 11.6 Å². The third kappa shape index (κ3) is 2.63. The van der Waals surface area contributed by atoms with Crippen molar-refractivity contribution in [2.24, 2.45) is 0 Å². The van der Waals surface area contributed by atoms with E-state index in [9.17, 15) is 5.11 Å². The summed E-state index contributed by atoms with van der Waals surface area (Å²) in [6.45, 7) is 0. The predicted molar refractivity (Wildman–Crippen MR) is 69.9 cm³/mol. The zero-order valence-electron chi connectivity index (χ0n) is 8.23. The van der Waals surface area contributed by atoms with E-state index in [0.717, 1.165) is 14.9 Å². The van der Waals surface area contributed by atoms with E-state index >= 15 is 0 Å². The van der Waals surface area contributed by atoms with Crippen LogP contribution in [0, 0.1) is 0 Å². The van der Waals surface area contributed by atoms with Crippen LogP contribution in [0.25, 0.3) is 0 Å². The highest BCUT2D eigenvalue weighted by molar-refractivity contribution is 9.10. The molecule has 0 aliphatic carbocycles. The summed E-state index contributed by atoms with van der Waals surface area (Å²) in [5.41, 5.74) is 0.907. The molecular formula is C11H9BrClNOS. The molecule has 0 aliphatic rings. The Labute approximate surface area is 111 Å². The fourth-order valence-corrected chi connectivity index (χ4v) is 3.23. The number of hydrogen-bond acceptors (Lipinski definition) is 3. The molecule has 2 heterocycles. The second-order valence-electron chi connectivity index (χ2n) is 3.32. The number of pyridine rings is 1. The van der Waals surface area contributed by atoms with Crippen molar-refractivity contribution in [1.29, 1.82) is 0 Å². The molecule has 1 atom stereocenters. The van der Waals surface area contributed by atoms with Crippen molar-refractivity contribution in [2.75, 3.05) is 0 Å². The average molecular weight is 319 g/mol. The summed E-state index contributed by atoms with van der Waals surface area (Å²) >= 11 is 10.9. The molecule has 0 aliphatic heterocycles. The van der Waals surface area contributed by atoms with Crippen molar-refractivity contribution < 1.29 is 5.11 Å². The molecule has 0 saturated carbocycles. The van der Waals surface area contributed by atoms with Gasteiger partial charge in [-0.3, -0.25) is 4.98 Å². The van der Waals surface area contributed by atoms with Gasteiger partial charge in [0.15, 0.2) is 0 Å². The largest absolute Gasteiger partial charge is 0.387 e. The van der Waals surface area contributed by atoms with Crippen LogP contribution in [-0.4, -0.2) is 10.1 Å². The zero-order valence-corrected chi connectivity index (χ0v) is 11.4. The number of aliphatic hydroxyl groups is 1. The summed E-state index contributed by atoms with van der Waals surface area (Å²) in [4.78, 5) is 4.84. The second kappa shape index (κ2) is 5.27. The molecule has 0 spiro atoms. The molecule has 84 valence electrons. The van der Waals surface area contributed by atoms with Gasteiger partial charge in [0.2, 0.25) is 0 Å². The third-order valence-corrected chi connectivity index (χ3v) is 4.53. The number of nitrogens with zero attached hydrogens (tertiary/aromatic N) is 1. The minimum Gasteiger partial charge on any atom is -0.387 e. The lowest BCUT2D eigenvalue weighted by atomic mass is 10.1. The summed E-state index contributed by atoms with van der Waals surface area (Å²) in [7, 11) is 0. The molecule has 0 radical (unpaired) electrons. The minimum atomic E-state index is -0.533. The second-order valence-corrected chi connectivity index (χ2v) is 5.53. The molecule has 2 nitrogen and oxygen atoms in total. The number of thiophene rings is 1. The van der Waals surface area contributed by atoms with E-state index in [1.807, 2.05) is 17.5 Å². The molecule has 0 saturated heterocycles. The van der Waals surface area contributed by atoms with Crippen molar-refractivity contribution >= 4 is 38.9 Å². The normalized spacial score (nSPS) is 12.7. The van der Waals surface area contributed by atoms with Crippen LogP contribution in [0.3, 0.4) is 0 Å². The lowest BCUT2D eigenvalue weighted by Crippen LogP contribution is -2.01. The van der Waals surface area contributed by atoms with Gasteiger partial charge in [-0.2, -0.15) is 0 Å². The van der Waals surface area contributed by atoms with Crippen molar-refractivity contribution in [2.45, 2.75) is 12.5 Å². The zero-order chi connectivity index (χ0) is 11.5. The maximum absolute atomic E-state index is 10.1. The molecule has 1 unspecified atom stereocenters. The van der Waals surface area contributed by atoms with Crippen molar-refractivity contribution in [3.63, 3.8) is 0 Å². The molecule has 2 rings (SSSR count). The van der Waals surface area contributed by atoms with Crippen molar-refractivity contribution in [1.82, 2.24) is 4.98 Å². The van der Waals surface area contributed by atoms with Crippen LogP contribution in [0.1, 0.15) is 16.5 Å². The minimum absolute atomic E-state index is 0.500. The van der Waals surface area contributed by atoms with E-state index in [4.69, 9.17) is 11.6 Å². The Kier molecular flexibility index (Phi) is 3.97. The molecule has 2 aromatic rings.